The van der Waals surface area contributed by atoms with Crippen molar-refractivity contribution in [1.82, 2.24) is 15.1 Å². The van der Waals surface area contributed by atoms with Gasteiger partial charge in [0.1, 0.15) is 0 Å². The molecule has 0 aliphatic carbocycles. The third-order valence-corrected chi connectivity index (χ3v) is 3.46. The first-order valence-electron chi connectivity index (χ1n) is 7.15. The largest absolute Gasteiger partial charge is 0.316 e. The second-order valence-electron chi connectivity index (χ2n) is 5.14. The van der Waals surface area contributed by atoms with Crippen LogP contribution >= 0.6 is 0 Å². The molecule has 0 radical (unpaired) electrons. The van der Waals surface area contributed by atoms with E-state index in [2.05, 4.69) is 53.0 Å². The topological polar surface area (TPSA) is 29.9 Å². The van der Waals surface area contributed by atoms with E-state index in [1.165, 1.54) is 16.7 Å². The Kier molecular flexibility index (Phi) is 4.12. The average Bonchev–Trinajstić information content (AvgIpc) is 2.97. The highest BCUT2D eigenvalue weighted by Crippen LogP contribution is 2.18. The van der Waals surface area contributed by atoms with Crippen LogP contribution in [0.1, 0.15) is 11.1 Å². The van der Waals surface area contributed by atoms with Crippen molar-refractivity contribution in [2.45, 2.75) is 13.1 Å². The molecule has 1 heterocycles. The second-order valence-corrected chi connectivity index (χ2v) is 5.14. The van der Waals surface area contributed by atoms with Gasteiger partial charge in [0.2, 0.25) is 0 Å². The van der Waals surface area contributed by atoms with Gasteiger partial charge in [-0.2, -0.15) is 5.10 Å². The fraction of sp³-hybridized carbons (Fsp3) is 0.167. The van der Waals surface area contributed by atoms with Gasteiger partial charge in [-0.05, 0) is 23.7 Å². The molecule has 1 aromatic heterocycles. The van der Waals surface area contributed by atoms with E-state index in [4.69, 9.17) is 0 Å². The number of nitrogens with one attached hydrogen (secondary N) is 1. The van der Waals surface area contributed by atoms with Crippen molar-refractivity contribution < 1.29 is 0 Å². The molecule has 3 aromatic rings. The van der Waals surface area contributed by atoms with Crippen LogP contribution in [0.15, 0.2) is 67.0 Å². The Morgan fingerprint density at radius 1 is 0.952 bits per heavy atom. The molecule has 0 aliphatic heterocycles. The molecule has 3 heteroatoms. The van der Waals surface area contributed by atoms with Crippen LogP contribution in [0.4, 0.5) is 0 Å². The molecule has 0 bridgehead atoms. The van der Waals surface area contributed by atoms with E-state index in [0.717, 1.165) is 18.7 Å². The van der Waals surface area contributed by atoms with Gasteiger partial charge in [-0.15, -0.1) is 0 Å². The van der Waals surface area contributed by atoms with Crippen LogP contribution in [0.5, 0.6) is 0 Å². The lowest BCUT2D eigenvalue weighted by molar-refractivity contribution is 0.685. The highest BCUT2D eigenvalue weighted by atomic mass is 15.3. The quantitative estimate of drug-likeness (QED) is 0.775. The van der Waals surface area contributed by atoms with Gasteiger partial charge in [0.15, 0.2) is 0 Å². The summed E-state index contributed by atoms with van der Waals surface area (Å²) in [6.45, 7) is 1.69. The third kappa shape index (κ3) is 3.38. The smallest absolute Gasteiger partial charge is 0.0659 e. The molecular formula is C18H19N3. The first-order chi connectivity index (χ1) is 10.3. The standard InChI is InChI=1S/C18H19N3/c1-19-11-15-6-5-7-16(10-15)13-21-14-18(12-20-21)17-8-3-2-4-9-17/h2-10,12,14,19H,11,13H2,1H3. The van der Waals surface area contributed by atoms with Crippen molar-refractivity contribution in [1.29, 1.82) is 0 Å². The highest BCUT2D eigenvalue weighted by molar-refractivity contribution is 5.61. The van der Waals surface area contributed by atoms with Crippen LogP contribution in [0.2, 0.25) is 0 Å². The molecule has 1 N–H and O–H groups in total. The summed E-state index contributed by atoms with van der Waals surface area (Å²) in [7, 11) is 1.96. The summed E-state index contributed by atoms with van der Waals surface area (Å²) in [6, 6.07) is 18.9. The monoisotopic (exact) mass is 277 g/mol. The van der Waals surface area contributed by atoms with E-state index >= 15 is 0 Å². The molecule has 0 saturated heterocycles. The van der Waals surface area contributed by atoms with Crippen LogP contribution in [-0.2, 0) is 13.1 Å². The number of hydrogen-bond donors (Lipinski definition) is 1. The summed E-state index contributed by atoms with van der Waals surface area (Å²) >= 11 is 0. The van der Waals surface area contributed by atoms with Crippen molar-refractivity contribution in [3.63, 3.8) is 0 Å². The van der Waals surface area contributed by atoms with Crippen LogP contribution in [0, 0.1) is 0 Å². The van der Waals surface area contributed by atoms with Crippen molar-refractivity contribution >= 4 is 0 Å². The van der Waals surface area contributed by atoms with E-state index in [-0.39, 0.29) is 0 Å². The maximum atomic E-state index is 4.46. The Morgan fingerprint density at radius 3 is 2.57 bits per heavy atom. The van der Waals surface area contributed by atoms with Crippen LogP contribution < -0.4 is 5.32 Å². The first-order valence-corrected chi connectivity index (χ1v) is 7.15. The van der Waals surface area contributed by atoms with E-state index in [0.29, 0.717) is 0 Å². The molecule has 0 atom stereocenters. The van der Waals surface area contributed by atoms with Crippen molar-refractivity contribution in [3.05, 3.63) is 78.1 Å². The Hall–Kier alpha value is -2.39. The SMILES string of the molecule is CNCc1cccc(Cn2cc(-c3ccccc3)cn2)c1. The maximum Gasteiger partial charge on any atom is 0.0659 e. The summed E-state index contributed by atoms with van der Waals surface area (Å²) in [4.78, 5) is 0. The average molecular weight is 277 g/mol. The van der Waals surface area contributed by atoms with Gasteiger partial charge in [-0.3, -0.25) is 4.68 Å². The van der Waals surface area contributed by atoms with Crippen molar-refractivity contribution in [2.75, 3.05) is 7.05 Å². The lowest BCUT2D eigenvalue weighted by Gasteiger charge is -2.05. The second kappa shape index (κ2) is 6.37. The molecule has 0 aliphatic rings. The predicted octanol–water partition coefficient (Wildman–Crippen LogP) is 3.32. The van der Waals surface area contributed by atoms with E-state index in [1.807, 2.05) is 36.1 Å². The van der Waals surface area contributed by atoms with Gasteiger partial charge in [0, 0.05) is 18.3 Å². The molecule has 2 aromatic carbocycles. The normalized spacial score (nSPS) is 10.7. The summed E-state index contributed by atoms with van der Waals surface area (Å²) in [6.07, 6.45) is 4.02. The number of aromatic nitrogens is 2. The summed E-state index contributed by atoms with van der Waals surface area (Å²) in [5.74, 6) is 0. The molecule has 0 spiro atoms. The molecule has 21 heavy (non-hydrogen) atoms. The molecule has 0 unspecified atom stereocenters. The molecule has 0 fully saturated rings. The number of benzene rings is 2. The molecule has 0 amide bonds. The predicted molar refractivity (Wildman–Crippen MR) is 86.0 cm³/mol. The zero-order valence-electron chi connectivity index (χ0n) is 12.2. The fourth-order valence-electron chi connectivity index (χ4n) is 2.46. The minimum absolute atomic E-state index is 0.796. The van der Waals surface area contributed by atoms with Crippen molar-refractivity contribution in [3.8, 4) is 11.1 Å². The minimum atomic E-state index is 0.796. The lowest BCUT2D eigenvalue weighted by atomic mass is 10.1. The van der Waals surface area contributed by atoms with Crippen LogP contribution in [0.25, 0.3) is 11.1 Å². The highest BCUT2D eigenvalue weighted by Gasteiger charge is 2.02. The Labute approximate surface area is 125 Å². The Bertz CT molecular complexity index is 701. The number of hydrogen-bond acceptors (Lipinski definition) is 2. The van der Waals surface area contributed by atoms with Gasteiger partial charge in [0.25, 0.3) is 0 Å². The van der Waals surface area contributed by atoms with Gasteiger partial charge in [-0.25, -0.2) is 0 Å². The molecule has 3 rings (SSSR count). The summed E-state index contributed by atoms with van der Waals surface area (Å²) < 4.78 is 1.99. The van der Waals surface area contributed by atoms with E-state index in [1.54, 1.807) is 0 Å². The first kappa shape index (κ1) is 13.6. The fourth-order valence-corrected chi connectivity index (χ4v) is 2.46. The maximum absolute atomic E-state index is 4.46. The summed E-state index contributed by atoms with van der Waals surface area (Å²) in [5.41, 5.74) is 4.92. The van der Waals surface area contributed by atoms with Gasteiger partial charge in [0.05, 0.1) is 12.7 Å². The van der Waals surface area contributed by atoms with Gasteiger partial charge >= 0.3 is 0 Å². The van der Waals surface area contributed by atoms with E-state index < -0.39 is 0 Å². The zero-order valence-corrected chi connectivity index (χ0v) is 12.2. The summed E-state index contributed by atoms with van der Waals surface area (Å²) in [5, 5.41) is 7.64. The number of rotatable bonds is 5. The number of nitrogens with zero attached hydrogens (tertiary/aromatic N) is 2. The molecule has 106 valence electrons. The third-order valence-electron chi connectivity index (χ3n) is 3.46. The zero-order chi connectivity index (χ0) is 14.5. The molecule has 0 saturated carbocycles. The molecule has 3 nitrogen and oxygen atoms in total. The van der Waals surface area contributed by atoms with Gasteiger partial charge in [-0.1, -0.05) is 54.6 Å². The van der Waals surface area contributed by atoms with Crippen LogP contribution in [0.3, 0.4) is 0 Å². The van der Waals surface area contributed by atoms with Crippen LogP contribution in [-0.4, -0.2) is 16.8 Å². The lowest BCUT2D eigenvalue weighted by Crippen LogP contribution is -2.06. The van der Waals surface area contributed by atoms with Crippen molar-refractivity contribution in [2.24, 2.45) is 0 Å². The minimum Gasteiger partial charge on any atom is -0.316 e. The Morgan fingerprint density at radius 2 is 1.76 bits per heavy atom. The van der Waals surface area contributed by atoms with E-state index in [9.17, 15) is 0 Å². The Balaban J connectivity index is 1.77. The molecular weight excluding hydrogens is 258 g/mol. The van der Waals surface area contributed by atoms with Gasteiger partial charge < -0.3 is 5.32 Å².